The molecule has 1 aromatic rings. The molecule has 1 rings (SSSR count). The van der Waals surface area contributed by atoms with Gasteiger partial charge < -0.3 is 0 Å². The first-order valence-corrected chi connectivity index (χ1v) is 5.82. The van der Waals surface area contributed by atoms with Crippen LogP contribution in [0.3, 0.4) is 0 Å². The summed E-state index contributed by atoms with van der Waals surface area (Å²) in [5.41, 5.74) is 1.47. The molecule has 1 unspecified atom stereocenters. The monoisotopic (exact) mass is 215 g/mol. The summed E-state index contributed by atoms with van der Waals surface area (Å²) < 4.78 is 26.0. The lowest BCUT2D eigenvalue weighted by atomic mass is 10.1. The van der Waals surface area contributed by atoms with Crippen molar-refractivity contribution >= 4 is 11.0 Å². The Kier molecular flexibility index (Phi) is 3.77. The lowest BCUT2D eigenvalue weighted by Gasteiger charge is -2.13. The van der Waals surface area contributed by atoms with Crippen molar-refractivity contribution in [3.63, 3.8) is 0 Å². The quantitative estimate of drug-likeness (QED) is 0.753. The molecule has 4 heteroatoms. The lowest BCUT2D eigenvalue weighted by molar-refractivity contribution is 0.501. The molecule has 2 nitrogen and oxygen atoms in total. The van der Waals surface area contributed by atoms with Gasteiger partial charge in [-0.05, 0) is 18.6 Å². The number of halogens is 1. The van der Waals surface area contributed by atoms with Crippen LogP contribution in [0.25, 0.3) is 0 Å². The largest absolute Gasteiger partial charge is 0.243 e. The number of hydrogen-bond donors (Lipinski definition) is 0. The minimum atomic E-state index is -1.06. The fourth-order valence-electron chi connectivity index (χ4n) is 1.11. The van der Waals surface area contributed by atoms with Crippen LogP contribution in [0.15, 0.2) is 18.2 Å². The predicted octanol–water partition coefficient (Wildman–Crippen LogP) is 1.86. The Hall–Kier alpha value is -0.740. The van der Waals surface area contributed by atoms with E-state index in [1.807, 2.05) is 13.0 Å². The Bertz CT molecular complexity index is 354. The molecule has 0 bridgehead atoms. The van der Waals surface area contributed by atoms with Gasteiger partial charge in [0, 0.05) is 25.4 Å². The molecule has 0 radical (unpaired) electrons. The van der Waals surface area contributed by atoms with E-state index in [1.54, 1.807) is 23.7 Å². The second kappa shape index (κ2) is 4.66. The molecule has 0 aromatic heterocycles. The van der Waals surface area contributed by atoms with Crippen LogP contribution in [0.5, 0.6) is 0 Å². The number of aryl methyl sites for hydroxylation is 1. The van der Waals surface area contributed by atoms with E-state index < -0.39 is 11.0 Å². The minimum absolute atomic E-state index is 0.234. The van der Waals surface area contributed by atoms with E-state index in [9.17, 15) is 8.60 Å². The first kappa shape index (κ1) is 11.3. The van der Waals surface area contributed by atoms with Crippen LogP contribution in [-0.4, -0.2) is 21.8 Å². The van der Waals surface area contributed by atoms with Crippen molar-refractivity contribution in [2.45, 2.75) is 13.5 Å². The van der Waals surface area contributed by atoms with E-state index in [2.05, 4.69) is 0 Å². The third-order valence-electron chi connectivity index (χ3n) is 2.04. The predicted molar refractivity (Wildman–Crippen MR) is 56.7 cm³/mol. The average Bonchev–Trinajstić information content (AvgIpc) is 2.09. The molecule has 0 amide bonds. The second-order valence-corrected chi connectivity index (χ2v) is 4.78. The normalized spacial score (nSPS) is 13.2. The van der Waals surface area contributed by atoms with E-state index in [0.717, 1.165) is 5.56 Å². The molecular formula is C10H14FNOS. The van der Waals surface area contributed by atoms with Gasteiger partial charge in [-0.25, -0.2) is 12.9 Å². The summed E-state index contributed by atoms with van der Waals surface area (Å²) in [6, 6.07) is 5.07. The highest BCUT2D eigenvalue weighted by Crippen LogP contribution is 2.12. The number of benzene rings is 1. The Morgan fingerprint density at radius 2 is 2.14 bits per heavy atom. The molecule has 0 aliphatic rings. The summed E-state index contributed by atoms with van der Waals surface area (Å²) in [7, 11) is 0.646. The molecule has 0 saturated heterocycles. The van der Waals surface area contributed by atoms with Crippen molar-refractivity contribution in [3.05, 3.63) is 35.1 Å². The first-order valence-electron chi connectivity index (χ1n) is 4.30. The number of rotatable bonds is 3. The molecule has 1 aromatic carbocycles. The zero-order valence-electron chi connectivity index (χ0n) is 8.58. The van der Waals surface area contributed by atoms with Gasteiger partial charge in [-0.3, -0.25) is 0 Å². The van der Waals surface area contributed by atoms with Crippen LogP contribution in [0, 0.1) is 12.7 Å². The fourth-order valence-corrected chi connectivity index (χ4v) is 1.43. The van der Waals surface area contributed by atoms with E-state index in [0.29, 0.717) is 12.1 Å². The third-order valence-corrected chi connectivity index (χ3v) is 3.05. The zero-order chi connectivity index (χ0) is 10.7. The van der Waals surface area contributed by atoms with Crippen molar-refractivity contribution in [1.29, 1.82) is 0 Å². The van der Waals surface area contributed by atoms with Crippen molar-refractivity contribution in [3.8, 4) is 0 Å². The Morgan fingerprint density at radius 3 is 2.64 bits per heavy atom. The van der Waals surface area contributed by atoms with Crippen LogP contribution in [0.1, 0.15) is 11.1 Å². The van der Waals surface area contributed by atoms with Crippen LogP contribution < -0.4 is 0 Å². The van der Waals surface area contributed by atoms with E-state index in [1.165, 1.54) is 6.07 Å². The van der Waals surface area contributed by atoms with Gasteiger partial charge in [-0.2, -0.15) is 0 Å². The molecule has 0 aliphatic carbocycles. The highest BCUT2D eigenvalue weighted by molar-refractivity contribution is 7.81. The van der Waals surface area contributed by atoms with Gasteiger partial charge in [0.05, 0.1) is 11.0 Å². The van der Waals surface area contributed by atoms with Crippen molar-refractivity contribution in [1.82, 2.24) is 4.31 Å². The molecule has 0 spiro atoms. The summed E-state index contributed by atoms with van der Waals surface area (Å²) in [6.07, 6.45) is 1.58. The van der Waals surface area contributed by atoms with Crippen molar-refractivity contribution in [2.75, 3.05) is 13.3 Å². The molecule has 0 saturated carbocycles. The molecule has 0 N–H and O–H groups in total. The van der Waals surface area contributed by atoms with Crippen molar-refractivity contribution < 1.29 is 8.60 Å². The zero-order valence-corrected chi connectivity index (χ0v) is 9.40. The maximum Gasteiger partial charge on any atom is 0.128 e. The van der Waals surface area contributed by atoms with E-state index >= 15 is 0 Å². The maximum absolute atomic E-state index is 13.3. The summed E-state index contributed by atoms with van der Waals surface area (Å²) >= 11 is 0. The van der Waals surface area contributed by atoms with Gasteiger partial charge in [0.2, 0.25) is 0 Å². The minimum Gasteiger partial charge on any atom is -0.243 e. The summed E-state index contributed by atoms with van der Waals surface area (Å²) in [4.78, 5) is 0. The molecule has 1 atom stereocenters. The van der Waals surface area contributed by atoms with Crippen LogP contribution in [0.2, 0.25) is 0 Å². The van der Waals surface area contributed by atoms with E-state index in [4.69, 9.17) is 0 Å². The summed E-state index contributed by atoms with van der Waals surface area (Å²) in [5, 5.41) is 0. The van der Waals surface area contributed by atoms with Gasteiger partial charge in [0.15, 0.2) is 0 Å². The molecule has 14 heavy (non-hydrogen) atoms. The third kappa shape index (κ3) is 2.89. The first-order chi connectivity index (χ1) is 6.50. The van der Waals surface area contributed by atoms with Gasteiger partial charge in [0.25, 0.3) is 0 Å². The SMILES string of the molecule is Cc1ccc(CN(C)S(C)=O)c(F)c1. The molecule has 78 valence electrons. The lowest BCUT2D eigenvalue weighted by Crippen LogP contribution is -2.19. The average molecular weight is 215 g/mol. The number of nitrogens with zero attached hydrogens (tertiary/aromatic N) is 1. The summed E-state index contributed by atoms with van der Waals surface area (Å²) in [6.45, 7) is 2.21. The van der Waals surface area contributed by atoms with Crippen LogP contribution in [0.4, 0.5) is 4.39 Å². The molecule has 0 aliphatic heterocycles. The standard InChI is InChI=1S/C10H14FNOS/c1-8-4-5-9(10(11)6-8)7-12(2)14(3)13/h4-6H,7H2,1-3H3. The van der Waals surface area contributed by atoms with Gasteiger partial charge in [-0.15, -0.1) is 0 Å². The number of hydrogen-bond acceptors (Lipinski definition) is 1. The molecule has 0 heterocycles. The smallest absolute Gasteiger partial charge is 0.128 e. The van der Waals surface area contributed by atoms with Crippen LogP contribution >= 0.6 is 0 Å². The Balaban J connectivity index is 2.82. The van der Waals surface area contributed by atoms with Crippen LogP contribution in [-0.2, 0) is 17.5 Å². The fraction of sp³-hybridized carbons (Fsp3) is 0.400. The van der Waals surface area contributed by atoms with Gasteiger partial charge >= 0.3 is 0 Å². The maximum atomic E-state index is 13.3. The second-order valence-electron chi connectivity index (χ2n) is 3.30. The Labute approximate surface area is 86.3 Å². The van der Waals surface area contributed by atoms with E-state index in [-0.39, 0.29) is 5.82 Å². The topological polar surface area (TPSA) is 20.3 Å². The van der Waals surface area contributed by atoms with Gasteiger partial charge in [-0.1, -0.05) is 12.1 Å². The highest BCUT2D eigenvalue weighted by atomic mass is 32.2. The van der Waals surface area contributed by atoms with Gasteiger partial charge in [0.1, 0.15) is 5.82 Å². The molecular weight excluding hydrogens is 201 g/mol. The summed E-state index contributed by atoms with van der Waals surface area (Å²) in [5.74, 6) is -0.234. The van der Waals surface area contributed by atoms with Crippen molar-refractivity contribution in [2.24, 2.45) is 0 Å². The Morgan fingerprint density at radius 1 is 1.50 bits per heavy atom. The molecule has 0 fully saturated rings. The highest BCUT2D eigenvalue weighted by Gasteiger charge is 2.07.